The second kappa shape index (κ2) is 5.04. The molecule has 1 aliphatic heterocycles. The molecule has 94 valence electrons. The van der Waals surface area contributed by atoms with Crippen molar-refractivity contribution in [1.29, 1.82) is 0 Å². The maximum Gasteiger partial charge on any atom is 0.259 e. The molecule has 2 amide bonds. The summed E-state index contributed by atoms with van der Waals surface area (Å²) in [4.78, 5) is 22.9. The van der Waals surface area contributed by atoms with E-state index in [0.717, 1.165) is 18.5 Å². The first-order valence-electron chi connectivity index (χ1n) is 5.99. The van der Waals surface area contributed by atoms with Crippen LogP contribution < -0.4 is 10.6 Å². The first-order chi connectivity index (χ1) is 8.61. The van der Waals surface area contributed by atoms with E-state index in [1.807, 2.05) is 12.1 Å². The van der Waals surface area contributed by atoms with E-state index in [1.54, 1.807) is 12.1 Å². The highest BCUT2D eigenvalue weighted by molar-refractivity contribution is 6.21. The third-order valence-electron chi connectivity index (χ3n) is 2.95. The maximum atomic E-state index is 11.5. The number of carbonyl (C=O) groups excluding carboxylic acids is 2. The van der Waals surface area contributed by atoms with E-state index in [9.17, 15) is 9.59 Å². The Hall–Kier alpha value is -2.10. The third kappa shape index (κ3) is 2.42. The van der Waals surface area contributed by atoms with Gasteiger partial charge in [0.2, 0.25) is 0 Å². The van der Waals surface area contributed by atoms with Gasteiger partial charge in [-0.05, 0) is 38.0 Å². The summed E-state index contributed by atoms with van der Waals surface area (Å²) in [5, 5.41) is 5.58. The molecule has 4 nitrogen and oxygen atoms in total. The largest absolute Gasteiger partial charge is 0.383 e. The molecule has 2 N–H and O–H groups in total. The molecular weight excluding hydrogens is 228 g/mol. The van der Waals surface area contributed by atoms with Gasteiger partial charge in [-0.2, -0.15) is 0 Å². The van der Waals surface area contributed by atoms with Crippen molar-refractivity contribution >= 4 is 17.5 Å². The molecule has 1 aliphatic rings. The van der Waals surface area contributed by atoms with Gasteiger partial charge in [-0.3, -0.25) is 14.9 Å². The number of anilines is 1. The highest BCUT2D eigenvalue weighted by Gasteiger charge is 2.26. The lowest BCUT2D eigenvalue weighted by atomic mass is 10.1. The predicted octanol–water partition coefficient (Wildman–Crippen LogP) is 2.34. The zero-order valence-corrected chi connectivity index (χ0v) is 10.3. The molecule has 1 heterocycles. The molecule has 0 fully saturated rings. The van der Waals surface area contributed by atoms with Crippen LogP contribution in [-0.4, -0.2) is 17.9 Å². The number of amides is 2. The molecule has 0 bridgehead atoms. The van der Waals surface area contributed by atoms with Crippen molar-refractivity contribution in [2.24, 2.45) is 0 Å². The lowest BCUT2D eigenvalue weighted by Gasteiger charge is -2.14. The minimum Gasteiger partial charge on any atom is -0.383 e. The highest BCUT2D eigenvalue weighted by Crippen LogP contribution is 2.21. The number of rotatable bonds is 5. The molecule has 18 heavy (non-hydrogen) atoms. The van der Waals surface area contributed by atoms with E-state index in [-0.39, 0.29) is 11.8 Å². The molecule has 1 atom stereocenters. The quantitative estimate of drug-likeness (QED) is 0.617. The van der Waals surface area contributed by atoms with Gasteiger partial charge in [-0.1, -0.05) is 6.08 Å². The van der Waals surface area contributed by atoms with Crippen LogP contribution in [-0.2, 0) is 0 Å². The number of hydrogen-bond donors (Lipinski definition) is 2. The molecule has 0 aliphatic carbocycles. The summed E-state index contributed by atoms with van der Waals surface area (Å²) in [7, 11) is 0. The lowest BCUT2D eigenvalue weighted by Crippen LogP contribution is -2.19. The van der Waals surface area contributed by atoms with Crippen LogP contribution in [0.4, 0.5) is 5.69 Å². The first kappa shape index (κ1) is 12.4. The normalized spacial score (nSPS) is 14.9. The van der Waals surface area contributed by atoms with Crippen LogP contribution in [0.5, 0.6) is 0 Å². The molecule has 0 saturated carbocycles. The topological polar surface area (TPSA) is 58.2 Å². The minimum absolute atomic E-state index is 0.293. The van der Waals surface area contributed by atoms with Gasteiger partial charge in [0.05, 0.1) is 11.1 Å². The van der Waals surface area contributed by atoms with E-state index >= 15 is 0 Å². The number of allylic oxidation sites excluding steroid dienone is 1. The summed E-state index contributed by atoms with van der Waals surface area (Å²) in [6.07, 6.45) is 3.80. The number of carbonyl (C=O) groups is 2. The first-order valence-corrected chi connectivity index (χ1v) is 5.99. The Morgan fingerprint density at radius 1 is 1.33 bits per heavy atom. The summed E-state index contributed by atoms with van der Waals surface area (Å²) in [6, 6.07) is 5.51. The third-order valence-corrected chi connectivity index (χ3v) is 2.95. The monoisotopic (exact) mass is 244 g/mol. The van der Waals surface area contributed by atoms with Crippen LogP contribution >= 0.6 is 0 Å². The minimum atomic E-state index is -0.322. The maximum absolute atomic E-state index is 11.5. The second-order valence-electron chi connectivity index (χ2n) is 4.46. The van der Waals surface area contributed by atoms with E-state index in [0.29, 0.717) is 17.2 Å². The summed E-state index contributed by atoms with van der Waals surface area (Å²) >= 11 is 0. The van der Waals surface area contributed by atoms with E-state index in [4.69, 9.17) is 0 Å². The lowest BCUT2D eigenvalue weighted by molar-refractivity contribution is 0.0879. The van der Waals surface area contributed by atoms with Gasteiger partial charge < -0.3 is 5.32 Å². The second-order valence-corrected chi connectivity index (χ2v) is 4.46. The fourth-order valence-corrected chi connectivity index (χ4v) is 1.98. The van der Waals surface area contributed by atoms with Crippen molar-refractivity contribution in [2.45, 2.75) is 25.8 Å². The summed E-state index contributed by atoms with van der Waals surface area (Å²) in [5.74, 6) is -0.640. The van der Waals surface area contributed by atoms with E-state index < -0.39 is 0 Å². The zero-order chi connectivity index (χ0) is 13.1. The molecule has 0 spiro atoms. The van der Waals surface area contributed by atoms with Crippen molar-refractivity contribution in [3.63, 3.8) is 0 Å². The number of nitrogens with one attached hydrogen (secondary N) is 2. The van der Waals surface area contributed by atoms with Gasteiger partial charge in [0, 0.05) is 11.7 Å². The number of imide groups is 1. The van der Waals surface area contributed by atoms with Gasteiger partial charge in [-0.15, -0.1) is 6.58 Å². The van der Waals surface area contributed by atoms with Gasteiger partial charge in [0.1, 0.15) is 0 Å². The van der Waals surface area contributed by atoms with Crippen LogP contribution in [0.15, 0.2) is 30.9 Å². The average molecular weight is 244 g/mol. The van der Waals surface area contributed by atoms with Crippen molar-refractivity contribution in [2.75, 3.05) is 5.32 Å². The Balaban J connectivity index is 2.12. The molecule has 0 aromatic heterocycles. The van der Waals surface area contributed by atoms with Crippen LogP contribution in [0.3, 0.4) is 0 Å². The number of fused-ring (bicyclic) bond motifs is 1. The fourth-order valence-electron chi connectivity index (χ4n) is 1.98. The molecule has 0 radical (unpaired) electrons. The zero-order valence-electron chi connectivity index (χ0n) is 10.3. The molecule has 1 aromatic rings. The Morgan fingerprint density at radius 3 is 2.78 bits per heavy atom. The fraction of sp³-hybridized carbons (Fsp3) is 0.286. The van der Waals surface area contributed by atoms with E-state index in [2.05, 4.69) is 24.1 Å². The predicted molar refractivity (Wildman–Crippen MR) is 70.8 cm³/mol. The van der Waals surface area contributed by atoms with Crippen LogP contribution in [0.2, 0.25) is 0 Å². The summed E-state index contributed by atoms with van der Waals surface area (Å²) in [6.45, 7) is 5.76. The van der Waals surface area contributed by atoms with Crippen molar-refractivity contribution < 1.29 is 9.59 Å². The standard InChI is InChI=1S/C14H16N2O2/c1-3-4-5-9(2)15-10-6-7-11-12(8-10)14(18)16-13(11)17/h3,6-9,15H,1,4-5H2,2H3,(H,16,17,18). The van der Waals surface area contributed by atoms with Gasteiger partial charge >= 0.3 is 0 Å². The molecule has 4 heteroatoms. The number of hydrogen-bond acceptors (Lipinski definition) is 3. The van der Waals surface area contributed by atoms with Crippen LogP contribution in [0.25, 0.3) is 0 Å². The van der Waals surface area contributed by atoms with Crippen LogP contribution in [0.1, 0.15) is 40.5 Å². The van der Waals surface area contributed by atoms with Crippen LogP contribution in [0, 0.1) is 0 Å². The van der Waals surface area contributed by atoms with E-state index in [1.165, 1.54) is 0 Å². The van der Waals surface area contributed by atoms with Crippen molar-refractivity contribution in [3.05, 3.63) is 42.0 Å². The average Bonchev–Trinajstić information content (AvgIpc) is 2.62. The highest BCUT2D eigenvalue weighted by atomic mass is 16.2. The summed E-state index contributed by atoms with van der Waals surface area (Å²) in [5.41, 5.74) is 1.75. The molecule has 2 rings (SSSR count). The SMILES string of the molecule is C=CCCC(C)Nc1ccc2c(c1)C(=O)NC2=O. The Morgan fingerprint density at radius 2 is 2.06 bits per heavy atom. The number of benzene rings is 1. The molecule has 0 saturated heterocycles. The molecule has 1 unspecified atom stereocenters. The molecular formula is C14H16N2O2. The Labute approximate surface area is 106 Å². The molecule has 1 aromatic carbocycles. The summed E-state index contributed by atoms with van der Waals surface area (Å²) < 4.78 is 0. The van der Waals surface area contributed by atoms with Crippen molar-refractivity contribution in [1.82, 2.24) is 5.32 Å². The van der Waals surface area contributed by atoms with Gasteiger partial charge in [0.15, 0.2) is 0 Å². The Bertz CT molecular complexity index is 509. The van der Waals surface area contributed by atoms with Crippen molar-refractivity contribution in [3.8, 4) is 0 Å². The smallest absolute Gasteiger partial charge is 0.259 e. The van der Waals surface area contributed by atoms with Gasteiger partial charge in [-0.25, -0.2) is 0 Å². The Kier molecular flexibility index (Phi) is 3.46. The van der Waals surface area contributed by atoms with Gasteiger partial charge in [0.25, 0.3) is 11.8 Å².